The molecule has 0 bridgehead atoms. The summed E-state index contributed by atoms with van der Waals surface area (Å²) in [6.45, 7) is 5.76. The number of nitrogens with one attached hydrogen (secondary N) is 2. The quantitative estimate of drug-likeness (QED) is 0.714. The molecular formula is C14H17N5O2S2. The fraction of sp³-hybridized carbons (Fsp3) is 0.286. The highest BCUT2D eigenvalue weighted by atomic mass is 32.2. The Bertz CT molecular complexity index is 732. The molecule has 1 atom stereocenters. The molecule has 23 heavy (non-hydrogen) atoms. The van der Waals surface area contributed by atoms with Crippen molar-refractivity contribution in [1.82, 2.24) is 15.5 Å². The first kappa shape index (κ1) is 17.2. The molecule has 1 aromatic carbocycles. The normalized spacial score (nSPS) is 11.8. The molecule has 0 fully saturated rings. The number of hydrogen-bond acceptors (Lipinski definition) is 7. The highest BCUT2D eigenvalue weighted by Gasteiger charge is 2.18. The largest absolute Gasteiger partial charge is 0.351 e. The van der Waals surface area contributed by atoms with Crippen LogP contribution in [0.5, 0.6) is 0 Å². The molecule has 0 aliphatic rings. The van der Waals surface area contributed by atoms with Gasteiger partial charge < -0.3 is 11.1 Å². The summed E-state index contributed by atoms with van der Waals surface area (Å²) in [6.07, 6.45) is 0. The van der Waals surface area contributed by atoms with E-state index in [0.29, 0.717) is 9.47 Å². The molecule has 0 aliphatic carbocycles. The Morgan fingerprint density at radius 1 is 1.26 bits per heavy atom. The fourth-order valence-corrected chi connectivity index (χ4v) is 3.59. The fourth-order valence-electron chi connectivity index (χ4n) is 1.68. The molecule has 1 heterocycles. The standard InChI is InChI=1S/C14H17N5O2S2/c1-7-4-5-10(6-8(7)2)16-13-18-19-14(23-13)22-9(3)11(20)17-12(15)21/h4-6,9H,1-3H3,(H,16,18)(H3,15,17,20,21)/t9-/m1/s1. The topological polar surface area (TPSA) is 110 Å². The maximum atomic E-state index is 11.6. The van der Waals surface area contributed by atoms with Gasteiger partial charge in [0.25, 0.3) is 0 Å². The van der Waals surface area contributed by atoms with Gasteiger partial charge in [-0.05, 0) is 44.0 Å². The minimum Gasteiger partial charge on any atom is -0.351 e. The van der Waals surface area contributed by atoms with Gasteiger partial charge in [-0.3, -0.25) is 10.1 Å². The Labute approximate surface area is 142 Å². The number of nitrogens with zero attached hydrogens (tertiary/aromatic N) is 2. The van der Waals surface area contributed by atoms with E-state index in [2.05, 4.69) is 22.4 Å². The Morgan fingerprint density at radius 2 is 2.00 bits per heavy atom. The van der Waals surface area contributed by atoms with Crippen LogP contribution in [-0.2, 0) is 4.79 Å². The van der Waals surface area contributed by atoms with Gasteiger partial charge in [0, 0.05) is 5.69 Å². The number of thioether (sulfide) groups is 1. The van der Waals surface area contributed by atoms with Gasteiger partial charge in [0.1, 0.15) is 0 Å². The van der Waals surface area contributed by atoms with Crippen LogP contribution in [0, 0.1) is 13.8 Å². The Morgan fingerprint density at radius 3 is 2.65 bits per heavy atom. The van der Waals surface area contributed by atoms with Crippen LogP contribution >= 0.6 is 23.1 Å². The number of benzene rings is 1. The van der Waals surface area contributed by atoms with Crippen LogP contribution in [0.2, 0.25) is 0 Å². The van der Waals surface area contributed by atoms with E-state index in [-0.39, 0.29) is 0 Å². The molecule has 0 aliphatic heterocycles. The third-order valence-corrected chi connectivity index (χ3v) is 5.08. The zero-order valence-corrected chi connectivity index (χ0v) is 14.5. The molecule has 7 nitrogen and oxygen atoms in total. The number of carbonyl (C=O) groups excluding carboxylic acids is 2. The van der Waals surface area contributed by atoms with E-state index in [9.17, 15) is 9.59 Å². The molecular weight excluding hydrogens is 334 g/mol. The molecule has 1 aromatic heterocycles. The molecule has 0 saturated heterocycles. The van der Waals surface area contributed by atoms with Crippen LogP contribution in [0.3, 0.4) is 0 Å². The zero-order valence-electron chi connectivity index (χ0n) is 12.9. The highest BCUT2D eigenvalue weighted by molar-refractivity contribution is 8.02. The Hall–Kier alpha value is -2.13. The molecule has 0 radical (unpaired) electrons. The molecule has 2 rings (SSSR count). The predicted octanol–water partition coefficient (Wildman–Crippen LogP) is 2.57. The van der Waals surface area contributed by atoms with Gasteiger partial charge in [-0.2, -0.15) is 0 Å². The van der Waals surface area contributed by atoms with E-state index in [1.165, 1.54) is 34.2 Å². The number of primary amides is 1. The SMILES string of the molecule is Cc1ccc(Nc2nnc(S[C@H](C)C(=O)NC(N)=O)s2)cc1C. The number of aryl methyl sites for hydroxylation is 2. The second kappa shape index (κ2) is 7.42. The summed E-state index contributed by atoms with van der Waals surface area (Å²) < 4.78 is 0.628. The summed E-state index contributed by atoms with van der Waals surface area (Å²) in [7, 11) is 0. The van der Waals surface area contributed by atoms with E-state index in [0.717, 1.165) is 5.69 Å². The van der Waals surface area contributed by atoms with Crippen molar-refractivity contribution in [3.8, 4) is 0 Å². The average Bonchev–Trinajstić information content (AvgIpc) is 2.89. The second-order valence-electron chi connectivity index (χ2n) is 4.91. The highest BCUT2D eigenvalue weighted by Crippen LogP contribution is 2.30. The monoisotopic (exact) mass is 351 g/mol. The molecule has 2 aromatic rings. The number of amides is 3. The van der Waals surface area contributed by atoms with Crippen LogP contribution < -0.4 is 16.4 Å². The number of anilines is 2. The van der Waals surface area contributed by atoms with Gasteiger partial charge in [0.05, 0.1) is 5.25 Å². The minimum absolute atomic E-state index is 0.457. The number of carbonyl (C=O) groups is 2. The first-order valence-corrected chi connectivity index (χ1v) is 8.49. The number of imide groups is 1. The maximum Gasteiger partial charge on any atom is 0.318 e. The van der Waals surface area contributed by atoms with Crippen LogP contribution in [0.1, 0.15) is 18.1 Å². The minimum atomic E-state index is -0.864. The molecule has 4 N–H and O–H groups in total. The van der Waals surface area contributed by atoms with E-state index in [1.807, 2.05) is 30.4 Å². The lowest BCUT2D eigenvalue weighted by Gasteiger charge is -2.07. The van der Waals surface area contributed by atoms with Crippen molar-refractivity contribution < 1.29 is 9.59 Å². The molecule has 3 amide bonds. The number of urea groups is 1. The van der Waals surface area contributed by atoms with Gasteiger partial charge in [0.2, 0.25) is 11.0 Å². The average molecular weight is 351 g/mol. The summed E-state index contributed by atoms with van der Waals surface area (Å²) in [5.74, 6) is -0.457. The van der Waals surface area contributed by atoms with E-state index in [1.54, 1.807) is 6.92 Å². The van der Waals surface area contributed by atoms with Crippen LogP contribution in [0.4, 0.5) is 15.6 Å². The van der Waals surface area contributed by atoms with Crippen molar-refractivity contribution in [2.24, 2.45) is 5.73 Å². The van der Waals surface area contributed by atoms with Crippen molar-refractivity contribution >= 4 is 45.9 Å². The van der Waals surface area contributed by atoms with Crippen LogP contribution in [0.15, 0.2) is 22.5 Å². The lowest BCUT2D eigenvalue weighted by atomic mass is 10.1. The summed E-state index contributed by atoms with van der Waals surface area (Å²) in [6, 6.07) is 5.17. The smallest absolute Gasteiger partial charge is 0.318 e. The Balaban J connectivity index is 1.98. The number of nitrogens with two attached hydrogens (primary N) is 1. The van der Waals surface area contributed by atoms with E-state index < -0.39 is 17.2 Å². The third kappa shape index (κ3) is 4.93. The summed E-state index contributed by atoms with van der Waals surface area (Å²) in [5.41, 5.74) is 8.26. The van der Waals surface area contributed by atoms with Gasteiger partial charge in [-0.15, -0.1) is 10.2 Å². The molecule has 122 valence electrons. The molecule has 0 saturated carbocycles. The van der Waals surface area contributed by atoms with Crippen molar-refractivity contribution in [2.45, 2.75) is 30.4 Å². The first-order chi connectivity index (χ1) is 10.8. The third-order valence-electron chi connectivity index (χ3n) is 3.06. The summed E-state index contributed by atoms with van der Waals surface area (Å²) in [4.78, 5) is 22.3. The maximum absolute atomic E-state index is 11.6. The lowest BCUT2D eigenvalue weighted by molar-refractivity contribution is -0.119. The van der Waals surface area contributed by atoms with Crippen LogP contribution in [0.25, 0.3) is 0 Å². The second-order valence-corrected chi connectivity index (χ2v) is 7.48. The van der Waals surface area contributed by atoms with Crippen molar-refractivity contribution in [3.05, 3.63) is 29.3 Å². The molecule has 0 spiro atoms. The van der Waals surface area contributed by atoms with Crippen LogP contribution in [-0.4, -0.2) is 27.4 Å². The number of rotatable bonds is 5. The zero-order chi connectivity index (χ0) is 17.0. The van der Waals surface area contributed by atoms with Crippen molar-refractivity contribution in [3.63, 3.8) is 0 Å². The number of hydrogen-bond donors (Lipinski definition) is 3. The molecule has 0 unspecified atom stereocenters. The van der Waals surface area contributed by atoms with Gasteiger partial charge >= 0.3 is 6.03 Å². The Kier molecular flexibility index (Phi) is 5.56. The van der Waals surface area contributed by atoms with Gasteiger partial charge in [-0.1, -0.05) is 29.2 Å². The summed E-state index contributed by atoms with van der Waals surface area (Å²) >= 11 is 2.55. The van der Waals surface area contributed by atoms with Gasteiger partial charge in [0.15, 0.2) is 4.34 Å². The number of aromatic nitrogens is 2. The summed E-state index contributed by atoms with van der Waals surface area (Å²) in [5, 5.41) is 13.4. The van der Waals surface area contributed by atoms with Crippen molar-refractivity contribution in [1.29, 1.82) is 0 Å². The van der Waals surface area contributed by atoms with E-state index >= 15 is 0 Å². The predicted molar refractivity (Wildman–Crippen MR) is 92.2 cm³/mol. The van der Waals surface area contributed by atoms with Crippen molar-refractivity contribution in [2.75, 3.05) is 5.32 Å². The lowest BCUT2D eigenvalue weighted by Crippen LogP contribution is -2.39. The molecule has 9 heteroatoms. The first-order valence-electron chi connectivity index (χ1n) is 6.80. The van der Waals surface area contributed by atoms with Gasteiger partial charge in [-0.25, -0.2) is 4.79 Å². The van der Waals surface area contributed by atoms with E-state index in [4.69, 9.17) is 5.73 Å².